The maximum absolute atomic E-state index is 13.4. The fraction of sp³-hybridized carbons (Fsp3) is 0.391. The number of sulfonamides is 1. The molecule has 1 N–H and O–H groups in total. The van der Waals surface area contributed by atoms with Crippen LogP contribution in [0.1, 0.15) is 25.8 Å². The molecule has 10 heteroatoms. The van der Waals surface area contributed by atoms with Gasteiger partial charge in [-0.25, -0.2) is 12.8 Å². The van der Waals surface area contributed by atoms with E-state index in [2.05, 4.69) is 5.32 Å². The van der Waals surface area contributed by atoms with E-state index in [4.69, 9.17) is 4.74 Å². The summed E-state index contributed by atoms with van der Waals surface area (Å²) < 4.78 is 44.7. The maximum Gasteiger partial charge on any atom is 0.244 e. The summed E-state index contributed by atoms with van der Waals surface area (Å²) >= 11 is 0. The van der Waals surface area contributed by atoms with Gasteiger partial charge in [-0.1, -0.05) is 31.2 Å². The SMILES string of the molecule is CCCNC(=O)C(C)N(Cc1ccc(F)cc1)C(=O)CN(c1ccccc1OC)S(C)(=O)=O. The van der Waals surface area contributed by atoms with Gasteiger partial charge >= 0.3 is 0 Å². The van der Waals surface area contributed by atoms with E-state index in [1.807, 2.05) is 6.92 Å². The Morgan fingerprint density at radius 2 is 1.76 bits per heavy atom. The third kappa shape index (κ3) is 7.18. The van der Waals surface area contributed by atoms with Gasteiger partial charge in [-0.15, -0.1) is 0 Å². The molecule has 0 fully saturated rings. The van der Waals surface area contributed by atoms with Gasteiger partial charge < -0.3 is 15.0 Å². The largest absolute Gasteiger partial charge is 0.495 e. The highest BCUT2D eigenvalue weighted by molar-refractivity contribution is 7.92. The zero-order valence-corrected chi connectivity index (χ0v) is 20.1. The second-order valence-corrected chi connectivity index (χ2v) is 9.46. The van der Waals surface area contributed by atoms with E-state index in [1.165, 1.54) is 42.3 Å². The summed E-state index contributed by atoms with van der Waals surface area (Å²) in [4.78, 5) is 27.3. The zero-order chi connectivity index (χ0) is 24.6. The van der Waals surface area contributed by atoms with Crippen LogP contribution in [0.5, 0.6) is 5.75 Å². The second kappa shape index (κ2) is 11.6. The number of carbonyl (C=O) groups excluding carboxylic acids is 2. The van der Waals surface area contributed by atoms with Gasteiger partial charge in [0, 0.05) is 13.1 Å². The molecule has 0 saturated heterocycles. The average Bonchev–Trinajstić information content (AvgIpc) is 2.79. The quantitative estimate of drug-likeness (QED) is 0.534. The minimum atomic E-state index is -3.86. The number of nitrogens with zero attached hydrogens (tertiary/aromatic N) is 2. The number of halogens is 1. The van der Waals surface area contributed by atoms with E-state index < -0.39 is 34.3 Å². The molecule has 1 unspecified atom stereocenters. The lowest BCUT2D eigenvalue weighted by Gasteiger charge is -2.31. The fourth-order valence-corrected chi connectivity index (χ4v) is 4.05. The molecule has 2 amide bonds. The average molecular weight is 480 g/mol. The number of amides is 2. The topological polar surface area (TPSA) is 96.0 Å². The van der Waals surface area contributed by atoms with E-state index in [0.29, 0.717) is 12.1 Å². The number of rotatable bonds is 11. The van der Waals surface area contributed by atoms with Crippen LogP contribution in [-0.4, -0.2) is 57.6 Å². The third-order valence-electron chi connectivity index (χ3n) is 5.02. The van der Waals surface area contributed by atoms with E-state index in [9.17, 15) is 22.4 Å². The fourth-order valence-electron chi connectivity index (χ4n) is 3.20. The van der Waals surface area contributed by atoms with Crippen molar-refractivity contribution in [2.75, 3.05) is 30.8 Å². The van der Waals surface area contributed by atoms with Gasteiger partial charge in [0.05, 0.1) is 19.1 Å². The summed E-state index contributed by atoms with van der Waals surface area (Å²) in [6.07, 6.45) is 1.72. The Bertz CT molecular complexity index is 1060. The van der Waals surface area contributed by atoms with Crippen molar-refractivity contribution < 1.29 is 27.1 Å². The van der Waals surface area contributed by atoms with Crippen LogP contribution >= 0.6 is 0 Å². The first-order chi connectivity index (χ1) is 15.6. The molecule has 2 aromatic rings. The first-order valence-electron chi connectivity index (χ1n) is 10.5. The number of anilines is 1. The summed E-state index contributed by atoms with van der Waals surface area (Å²) in [6.45, 7) is 3.39. The Morgan fingerprint density at radius 1 is 1.12 bits per heavy atom. The molecule has 8 nitrogen and oxygen atoms in total. The van der Waals surface area contributed by atoms with Gasteiger partial charge in [0.25, 0.3) is 0 Å². The Morgan fingerprint density at radius 3 is 2.33 bits per heavy atom. The van der Waals surface area contributed by atoms with Gasteiger partial charge in [-0.3, -0.25) is 13.9 Å². The van der Waals surface area contributed by atoms with Crippen LogP contribution in [0.2, 0.25) is 0 Å². The molecule has 0 heterocycles. The van der Waals surface area contributed by atoms with Gasteiger partial charge in [0.1, 0.15) is 24.2 Å². The highest BCUT2D eigenvalue weighted by Gasteiger charge is 2.30. The Kier molecular flexibility index (Phi) is 9.22. The van der Waals surface area contributed by atoms with Crippen molar-refractivity contribution in [2.24, 2.45) is 0 Å². The number of benzene rings is 2. The molecular formula is C23H30FN3O5S. The number of nitrogens with one attached hydrogen (secondary N) is 1. The summed E-state index contributed by atoms with van der Waals surface area (Å²) in [7, 11) is -2.46. The molecule has 0 aliphatic carbocycles. The van der Waals surface area contributed by atoms with E-state index in [0.717, 1.165) is 17.0 Å². The third-order valence-corrected chi connectivity index (χ3v) is 6.14. The summed E-state index contributed by atoms with van der Waals surface area (Å²) in [5.41, 5.74) is 0.809. The number of hydrogen-bond donors (Lipinski definition) is 1. The lowest BCUT2D eigenvalue weighted by atomic mass is 10.1. The smallest absolute Gasteiger partial charge is 0.244 e. The van der Waals surface area contributed by atoms with Crippen LogP contribution in [0.4, 0.5) is 10.1 Å². The molecule has 0 aliphatic rings. The molecule has 0 aromatic heterocycles. The zero-order valence-electron chi connectivity index (χ0n) is 19.2. The van der Waals surface area contributed by atoms with Crippen LogP contribution in [0.15, 0.2) is 48.5 Å². The van der Waals surface area contributed by atoms with Crippen molar-refractivity contribution >= 4 is 27.5 Å². The lowest BCUT2D eigenvalue weighted by Crippen LogP contribution is -2.51. The Hall–Kier alpha value is -3.14. The predicted octanol–water partition coefficient (Wildman–Crippen LogP) is 2.54. The Balaban J connectivity index is 2.39. The Labute approximate surface area is 194 Å². The van der Waals surface area contributed by atoms with Crippen molar-refractivity contribution in [1.29, 1.82) is 0 Å². The molecule has 33 heavy (non-hydrogen) atoms. The van der Waals surface area contributed by atoms with Crippen molar-refractivity contribution in [2.45, 2.75) is 32.9 Å². The highest BCUT2D eigenvalue weighted by atomic mass is 32.2. The van der Waals surface area contributed by atoms with Crippen molar-refractivity contribution in [1.82, 2.24) is 10.2 Å². The molecule has 1 atom stereocenters. The number of para-hydroxylation sites is 2. The monoisotopic (exact) mass is 479 g/mol. The lowest BCUT2D eigenvalue weighted by molar-refractivity contribution is -0.139. The molecule has 2 aromatic carbocycles. The van der Waals surface area contributed by atoms with Gasteiger partial charge in [-0.05, 0) is 43.2 Å². The molecule has 2 rings (SSSR count). The molecule has 0 radical (unpaired) electrons. The van der Waals surface area contributed by atoms with E-state index in [-0.39, 0.29) is 23.9 Å². The van der Waals surface area contributed by atoms with Crippen LogP contribution in [-0.2, 0) is 26.2 Å². The normalized spacial score (nSPS) is 12.0. The molecule has 180 valence electrons. The first kappa shape index (κ1) is 26.1. The summed E-state index contributed by atoms with van der Waals surface area (Å²) in [5, 5.41) is 2.75. The van der Waals surface area contributed by atoms with Crippen molar-refractivity contribution in [3.8, 4) is 5.75 Å². The van der Waals surface area contributed by atoms with Crippen LogP contribution in [0, 0.1) is 5.82 Å². The van der Waals surface area contributed by atoms with Crippen LogP contribution in [0.3, 0.4) is 0 Å². The van der Waals surface area contributed by atoms with E-state index in [1.54, 1.807) is 25.1 Å². The summed E-state index contributed by atoms with van der Waals surface area (Å²) in [5.74, 6) is -1.09. The van der Waals surface area contributed by atoms with Gasteiger partial charge in [-0.2, -0.15) is 0 Å². The maximum atomic E-state index is 13.4. The van der Waals surface area contributed by atoms with Gasteiger partial charge in [0.2, 0.25) is 21.8 Å². The van der Waals surface area contributed by atoms with Crippen LogP contribution in [0.25, 0.3) is 0 Å². The highest BCUT2D eigenvalue weighted by Crippen LogP contribution is 2.29. The number of methoxy groups -OCH3 is 1. The number of ether oxygens (including phenoxy) is 1. The number of carbonyl (C=O) groups is 2. The van der Waals surface area contributed by atoms with Crippen molar-refractivity contribution in [3.63, 3.8) is 0 Å². The van der Waals surface area contributed by atoms with Gasteiger partial charge in [0.15, 0.2) is 0 Å². The predicted molar refractivity (Wildman–Crippen MR) is 125 cm³/mol. The molecule has 0 spiro atoms. The van der Waals surface area contributed by atoms with Crippen molar-refractivity contribution in [3.05, 3.63) is 59.9 Å². The molecule has 0 saturated carbocycles. The first-order valence-corrected chi connectivity index (χ1v) is 12.4. The standard InChI is InChI=1S/C23H30FN3O5S/c1-5-14-25-23(29)17(2)26(15-18-10-12-19(24)13-11-18)22(28)16-27(33(4,30)31)20-8-6-7-9-21(20)32-3/h6-13,17H,5,14-16H2,1-4H3,(H,25,29). The van der Waals surface area contributed by atoms with E-state index >= 15 is 0 Å². The van der Waals surface area contributed by atoms with Crippen LogP contribution < -0.4 is 14.4 Å². The summed E-state index contributed by atoms with van der Waals surface area (Å²) in [6, 6.07) is 11.1. The molecule has 0 bridgehead atoms. The second-order valence-electron chi connectivity index (χ2n) is 7.56. The minimum absolute atomic E-state index is 0.00332. The minimum Gasteiger partial charge on any atom is -0.495 e. The number of hydrogen-bond acceptors (Lipinski definition) is 5. The molecular weight excluding hydrogens is 449 g/mol. The molecule has 0 aliphatic heterocycles.